The summed E-state index contributed by atoms with van der Waals surface area (Å²) < 4.78 is 4.73. The smallest absolute Gasteiger partial charge is 0.371 e. The summed E-state index contributed by atoms with van der Waals surface area (Å²) in [5, 5.41) is 8.39. The number of rotatable bonds is 4. The summed E-state index contributed by atoms with van der Waals surface area (Å²) in [7, 11) is 0. The minimum Gasteiger partial charge on any atom is -0.487 e. The van der Waals surface area contributed by atoms with E-state index in [2.05, 4.69) is 6.58 Å². The Labute approximate surface area is 59.6 Å². The van der Waals surface area contributed by atoms with Crippen LogP contribution in [-0.2, 0) is 9.53 Å². The summed E-state index contributed by atoms with van der Waals surface area (Å²) in [6.45, 7) is 5.42. The number of allylic oxidation sites excluding steroid dienone is 2. The van der Waals surface area contributed by atoms with Gasteiger partial charge in [0.1, 0.15) is 0 Å². The van der Waals surface area contributed by atoms with Gasteiger partial charge in [0.15, 0.2) is 0 Å². The lowest BCUT2D eigenvalue weighted by Gasteiger charge is -2.00. The first kappa shape index (κ1) is 8.75. The van der Waals surface area contributed by atoms with Gasteiger partial charge in [0, 0.05) is 0 Å². The van der Waals surface area contributed by atoms with Gasteiger partial charge in [0.25, 0.3) is 0 Å². The molecule has 0 saturated heterocycles. The van der Waals surface area contributed by atoms with Gasteiger partial charge >= 0.3 is 5.97 Å². The topological polar surface area (TPSA) is 46.5 Å². The minimum atomic E-state index is -1.07. The maximum Gasteiger partial charge on any atom is 0.371 e. The van der Waals surface area contributed by atoms with Crippen molar-refractivity contribution in [1.29, 1.82) is 0 Å². The molecule has 10 heavy (non-hydrogen) atoms. The second-order valence-electron chi connectivity index (χ2n) is 1.50. The molecule has 0 heterocycles. The molecule has 0 radical (unpaired) electrons. The van der Waals surface area contributed by atoms with Gasteiger partial charge in [-0.3, -0.25) is 0 Å². The van der Waals surface area contributed by atoms with Crippen LogP contribution in [0.15, 0.2) is 24.5 Å². The molecule has 3 nitrogen and oxygen atoms in total. The highest BCUT2D eigenvalue weighted by atomic mass is 16.5. The lowest BCUT2D eigenvalue weighted by molar-refractivity contribution is -0.136. The molecule has 0 amide bonds. The Morgan fingerprint density at radius 3 is 2.70 bits per heavy atom. The van der Waals surface area contributed by atoms with Crippen molar-refractivity contribution in [3.63, 3.8) is 0 Å². The van der Waals surface area contributed by atoms with E-state index < -0.39 is 5.97 Å². The van der Waals surface area contributed by atoms with E-state index in [1.54, 1.807) is 6.92 Å². The molecule has 0 aromatic rings. The van der Waals surface area contributed by atoms with Crippen LogP contribution >= 0.6 is 0 Å². The Hall–Kier alpha value is -1.25. The fourth-order valence-corrected chi connectivity index (χ4v) is 0.444. The van der Waals surface area contributed by atoms with E-state index in [0.717, 1.165) is 0 Å². The molecular weight excluding hydrogens is 132 g/mol. The van der Waals surface area contributed by atoms with E-state index in [0.29, 0.717) is 6.61 Å². The lowest BCUT2D eigenvalue weighted by atomic mass is 10.4. The average molecular weight is 142 g/mol. The van der Waals surface area contributed by atoms with Gasteiger partial charge in [-0.2, -0.15) is 0 Å². The van der Waals surface area contributed by atoms with Crippen molar-refractivity contribution in [3.05, 3.63) is 24.5 Å². The van der Waals surface area contributed by atoms with Gasteiger partial charge in [-0.25, -0.2) is 4.79 Å². The van der Waals surface area contributed by atoms with Crippen molar-refractivity contribution in [2.24, 2.45) is 0 Å². The Bertz CT molecular complexity index is 158. The Balaban J connectivity index is 4.11. The summed E-state index contributed by atoms with van der Waals surface area (Å²) in [4.78, 5) is 10.2. The van der Waals surface area contributed by atoms with E-state index in [1.165, 1.54) is 12.2 Å². The maximum absolute atomic E-state index is 10.2. The zero-order valence-electron chi connectivity index (χ0n) is 5.83. The Morgan fingerprint density at radius 2 is 2.40 bits per heavy atom. The van der Waals surface area contributed by atoms with E-state index in [9.17, 15) is 4.79 Å². The predicted octanol–water partition coefficient (Wildman–Crippen LogP) is 1.18. The number of hydrogen-bond acceptors (Lipinski definition) is 2. The maximum atomic E-state index is 10.2. The lowest BCUT2D eigenvalue weighted by Crippen LogP contribution is -2.03. The van der Waals surface area contributed by atoms with Crippen LogP contribution in [0, 0.1) is 0 Å². The quantitative estimate of drug-likeness (QED) is 0.364. The van der Waals surface area contributed by atoms with Crippen molar-refractivity contribution in [2.45, 2.75) is 6.92 Å². The van der Waals surface area contributed by atoms with Crippen LogP contribution in [0.4, 0.5) is 0 Å². The normalized spacial score (nSPS) is 10.7. The van der Waals surface area contributed by atoms with Crippen molar-refractivity contribution in [2.75, 3.05) is 6.61 Å². The highest BCUT2D eigenvalue weighted by molar-refractivity contribution is 5.84. The highest BCUT2D eigenvalue weighted by Crippen LogP contribution is 1.96. The molecule has 0 aromatic carbocycles. The van der Waals surface area contributed by atoms with Crippen LogP contribution in [0.25, 0.3) is 0 Å². The van der Waals surface area contributed by atoms with Gasteiger partial charge in [-0.05, 0) is 13.0 Å². The van der Waals surface area contributed by atoms with E-state index in [-0.39, 0.29) is 5.76 Å². The van der Waals surface area contributed by atoms with Crippen LogP contribution in [0.1, 0.15) is 6.92 Å². The first-order valence-electron chi connectivity index (χ1n) is 2.91. The third-order valence-corrected chi connectivity index (χ3v) is 0.780. The summed E-state index contributed by atoms with van der Waals surface area (Å²) in [6, 6.07) is 0. The zero-order chi connectivity index (χ0) is 7.98. The van der Waals surface area contributed by atoms with Crippen LogP contribution in [0.3, 0.4) is 0 Å². The number of ether oxygens (including phenoxy) is 1. The minimum absolute atomic E-state index is 0.0718. The molecule has 0 bridgehead atoms. The SMILES string of the molecule is C=CC=C(OCC)C(=O)O. The van der Waals surface area contributed by atoms with E-state index >= 15 is 0 Å². The second-order valence-corrected chi connectivity index (χ2v) is 1.50. The predicted molar refractivity (Wildman–Crippen MR) is 37.5 cm³/mol. The van der Waals surface area contributed by atoms with Gasteiger partial charge in [0.2, 0.25) is 5.76 Å². The molecule has 0 aliphatic heterocycles. The van der Waals surface area contributed by atoms with Crippen molar-refractivity contribution in [1.82, 2.24) is 0 Å². The second kappa shape index (κ2) is 4.61. The molecule has 0 aliphatic rings. The standard InChI is InChI=1S/C7H10O3/c1-3-5-6(7(8)9)10-4-2/h3,5H,1,4H2,2H3,(H,8,9). The van der Waals surface area contributed by atoms with Gasteiger partial charge in [-0.1, -0.05) is 12.7 Å². The number of carboxylic acid groups (broad SMARTS) is 1. The monoisotopic (exact) mass is 142 g/mol. The van der Waals surface area contributed by atoms with E-state index in [4.69, 9.17) is 9.84 Å². The molecular formula is C7H10O3. The molecule has 56 valence electrons. The number of aliphatic carboxylic acids is 1. The molecule has 0 aromatic heterocycles. The van der Waals surface area contributed by atoms with Crippen LogP contribution in [0.2, 0.25) is 0 Å². The first-order chi connectivity index (χ1) is 4.72. The Kier molecular flexibility index (Phi) is 4.04. The molecule has 0 rings (SSSR count). The Morgan fingerprint density at radius 1 is 1.80 bits per heavy atom. The van der Waals surface area contributed by atoms with Crippen LogP contribution in [0.5, 0.6) is 0 Å². The van der Waals surface area contributed by atoms with Crippen LogP contribution < -0.4 is 0 Å². The van der Waals surface area contributed by atoms with Gasteiger partial charge in [0.05, 0.1) is 6.61 Å². The average Bonchev–Trinajstić information content (AvgIpc) is 1.87. The molecule has 1 N–H and O–H groups in total. The number of carbonyl (C=O) groups is 1. The molecule has 3 heteroatoms. The van der Waals surface area contributed by atoms with Gasteiger partial charge < -0.3 is 9.84 Å². The van der Waals surface area contributed by atoms with Crippen molar-refractivity contribution < 1.29 is 14.6 Å². The van der Waals surface area contributed by atoms with Crippen molar-refractivity contribution >= 4 is 5.97 Å². The molecule has 0 fully saturated rings. The molecule has 0 saturated carbocycles. The third kappa shape index (κ3) is 2.91. The summed E-state index contributed by atoms with van der Waals surface area (Å²) >= 11 is 0. The van der Waals surface area contributed by atoms with Crippen molar-refractivity contribution in [3.8, 4) is 0 Å². The summed E-state index contributed by atoms with van der Waals surface area (Å²) in [6.07, 6.45) is 2.69. The first-order valence-corrected chi connectivity index (χ1v) is 2.91. The van der Waals surface area contributed by atoms with E-state index in [1.807, 2.05) is 0 Å². The molecule has 0 atom stereocenters. The largest absolute Gasteiger partial charge is 0.487 e. The zero-order valence-corrected chi connectivity index (χ0v) is 5.83. The molecule has 0 spiro atoms. The fourth-order valence-electron chi connectivity index (χ4n) is 0.444. The third-order valence-electron chi connectivity index (χ3n) is 0.780. The molecule has 0 unspecified atom stereocenters. The number of hydrogen-bond donors (Lipinski definition) is 1. The number of carboxylic acids is 1. The van der Waals surface area contributed by atoms with Gasteiger partial charge in [-0.15, -0.1) is 0 Å². The van der Waals surface area contributed by atoms with Crippen LogP contribution in [-0.4, -0.2) is 17.7 Å². The summed E-state index contributed by atoms with van der Waals surface area (Å²) in [5.41, 5.74) is 0. The fraction of sp³-hybridized carbons (Fsp3) is 0.286. The highest BCUT2D eigenvalue weighted by Gasteiger charge is 2.04. The molecule has 0 aliphatic carbocycles. The summed E-state index contributed by atoms with van der Waals surface area (Å²) in [5.74, 6) is -1.14.